The number of nitrogens with two attached hydrogens (primary N) is 1. The Morgan fingerprint density at radius 3 is 2.95 bits per heavy atom. The third kappa shape index (κ3) is 2.09. The highest BCUT2D eigenvalue weighted by atomic mass is 16.5. The van der Waals surface area contributed by atoms with Crippen molar-refractivity contribution in [2.45, 2.75) is 19.9 Å². The van der Waals surface area contributed by atoms with Gasteiger partial charge in [-0.3, -0.25) is 0 Å². The molecule has 0 spiro atoms. The van der Waals surface area contributed by atoms with Gasteiger partial charge in [0.05, 0.1) is 24.3 Å². The van der Waals surface area contributed by atoms with Gasteiger partial charge in [0.15, 0.2) is 0 Å². The minimum Gasteiger partial charge on any atom is -0.497 e. The van der Waals surface area contributed by atoms with Gasteiger partial charge in [0, 0.05) is 12.5 Å². The first-order chi connectivity index (χ1) is 9.71. The number of fused-ring (bicyclic) bond motifs is 1. The average molecular weight is 272 g/mol. The highest BCUT2D eigenvalue weighted by molar-refractivity contribution is 5.80. The van der Waals surface area contributed by atoms with Gasteiger partial charge in [-0.15, -0.1) is 0 Å². The number of nitrogen functional groups attached to an aromatic ring is 1. The van der Waals surface area contributed by atoms with Gasteiger partial charge >= 0.3 is 0 Å². The molecule has 0 atom stereocenters. The molecule has 104 valence electrons. The highest BCUT2D eigenvalue weighted by Crippen LogP contribution is 2.24. The van der Waals surface area contributed by atoms with Gasteiger partial charge in [-0.1, -0.05) is 6.92 Å². The molecule has 0 unspecified atom stereocenters. The Labute approximate surface area is 116 Å². The molecule has 1 aromatic carbocycles. The molecular weight excluding hydrogens is 256 g/mol. The summed E-state index contributed by atoms with van der Waals surface area (Å²) in [7, 11) is 1.63. The van der Waals surface area contributed by atoms with E-state index in [1.165, 1.54) is 0 Å². The lowest BCUT2D eigenvalue weighted by Crippen LogP contribution is -2.04. The quantitative estimate of drug-likeness (QED) is 0.787. The van der Waals surface area contributed by atoms with Gasteiger partial charge in [0.2, 0.25) is 11.8 Å². The number of anilines is 1. The number of benzene rings is 1. The van der Waals surface area contributed by atoms with E-state index < -0.39 is 0 Å². The van der Waals surface area contributed by atoms with Crippen LogP contribution in [-0.4, -0.2) is 21.6 Å². The van der Waals surface area contributed by atoms with Gasteiger partial charge in [0.25, 0.3) is 0 Å². The van der Waals surface area contributed by atoms with E-state index in [1.807, 2.05) is 29.7 Å². The summed E-state index contributed by atoms with van der Waals surface area (Å²) in [6.07, 6.45) is 2.56. The Morgan fingerprint density at radius 1 is 1.40 bits per heavy atom. The van der Waals surface area contributed by atoms with Crippen LogP contribution in [0, 0.1) is 0 Å². The van der Waals surface area contributed by atoms with Crippen molar-refractivity contribution < 1.29 is 9.15 Å². The van der Waals surface area contributed by atoms with Gasteiger partial charge in [0.1, 0.15) is 18.1 Å². The number of methoxy groups -OCH3 is 1. The number of hydrogen-bond donors (Lipinski definition) is 1. The molecule has 2 N–H and O–H groups in total. The van der Waals surface area contributed by atoms with Crippen LogP contribution in [0.5, 0.6) is 5.75 Å². The lowest BCUT2D eigenvalue weighted by atomic mass is 10.3. The first-order valence-electron chi connectivity index (χ1n) is 6.44. The van der Waals surface area contributed by atoms with Crippen molar-refractivity contribution in [3.8, 4) is 5.75 Å². The third-order valence-corrected chi connectivity index (χ3v) is 3.23. The van der Waals surface area contributed by atoms with Crippen molar-refractivity contribution in [3.63, 3.8) is 0 Å². The molecule has 0 aliphatic carbocycles. The number of hydrogen-bond acceptors (Lipinski definition) is 5. The Kier molecular flexibility index (Phi) is 3.06. The molecule has 0 bridgehead atoms. The Hall–Kier alpha value is -2.50. The van der Waals surface area contributed by atoms with Crippen molar-refractivity contribution >= 4 is 17.0 Å². The maximum absolute atomic E-state index is 5.97. The van der Waals surface area contributed by atoms with Gasteiger partial charge in [-0.05, 0) is 12.1 Å². The first kappa shape index (κ1) is 12.5. The molecule has 6 nitrogen and oxygen atoms in total. The molecule has 6 heteroatoms. The van der Waals surface area contributed by atoms with Crippen LogP contribution in [0.25, 0.3) is 11.0 Å². The standard InChI is InChI=1S/C14H16N4O2/c1-3-9-7-16-13(20-9)8-18-12-6-10(19-2)4-5-11(12)17-14(18)15/h4-7H,3,8H2,1-2H3,(H2,15,17). The Balaban J connectivity index is 2.03. The first-order valence-corrected chi connectivity index (χ1v) is 6.44. The molecule has 20 heavy (non-hydrogen) atoms. The van der Waals surface area contributed by atoms with E-state index in [9.17, 15) is 0 Å². The zero-order chi connectivity index (χ0) is 14.1. The summed E-state index contributed by atoms with van der Waals surface area (Å²) < 4.78 is 12.7. The molecule has 0 radical (unpaired) electrons. The second-order valence-corrected chi connectivity index (χ2v) is 4.48. The van der Waals surface area contributed by atoms with E-state index >= 15 is 0 Å². The van der Waals surface area contributed by atoms with Crippen LogP contribution >= 0.6 is 0 Å². The topological polar surface area (TPSA) is 79.1 Å². The zero-order valence-corrected chi connectivity index (χ0v) is 11.5. The number of nitrogens with zero attached hydrogens (tertiary/aromatic N) is 3. The molecule has 2 aromatic heterocycles. The Morgan fingerprint density at radius 2 is 2.25 bits per heavy atom. The van der Waals surface area contributed by atoms with Crippen molar-refractivity contribution in [1.82, 2.24) is 14.5 Å². The number of aromatic nitrogens is 3. The van der Waals surface area contributed by atoms with Crippen LogP contribution in [-0.2, 0) is 13.0 Å². The summed E-state index contributed by atoms with van der Waals surface area (Å²) in [6.45, 7) is 2.48. The van der Waals surface area contributed by atoms with Crippen LogP contribution in [0.2, 0.25) is 0 Å². The molecule has 0 saturated carbocycles. The number of oxazole rings is 1. The number of rotatable bonds is 4. The van der Waals surface area contributed by atoms with E-state index in [1.54, 1.807) is 13.3 Å². The molecule has 3 rings (SSSR count). The predicted octanol–water partition coefficient (Wildman–Crippen LogP) is 2.23. The normalized spacial score (nSPS) is 11.1. The minimum atomic E-state index is 0.435. The van der Waals surface area contributed by atoms with Gasteiger partial charge in [-0.2, -0.15) is 0 Å². The van der Waals surface area contributed by atoms with E-state index in [-0.39, 0.29) is 0 Å². The van der Waals surface area contributed by atoms with Crippen molar-refractivity contribution in [2.24, 2.45) is 0 Å². The molecule has 0 amide bonds. The fraction of sp³-hybridized carbons (Fsp3) is 0.286. The predicted molar refractivity (Wildman–Crippen MR) is 75.7 cm³/mol. The number of aryl methyl sites for hydroxylation is 1. The van der Waals surface area contributed by atoms with Crippen LogP contribution in [0.1, 0.15) is 18.6 Å². The van der Waals surface area contributed by atoms with Crippen molar-refractivity contribution in [2.75, 3.05) is 12.8 Å². The number of imidazole rings is 1. The summed E-state index contributed by atoms with van der Waals surface area (Å²) in [5.74, 6) is 2.68. The number of ether oxygens (including phenoxy) is 1. The second kappa shape index (κ2) is 4.88. The fourth-order valence-corrected chi connectivity index (χ4v) is 2.13. The summed E-state index contributed by atoms with van der Waals surface area (Å²) in [4.78, 5) is 8.58. The van der Waals surface area contributed by atoms with Gasteiger partial charge < -0.3 is 19.5 Å². The minimum absolute atomic E-state index is 0.435. The van der Waals surface area contributed by atoms with E-state index in [0.29, 0.717) is 18.4 Å². The molecular formula is C14H16N4O2. The third-order valence-electron chi connectivity index (χ3n) is 3.23. The lowest BCUT2D eigenvalue weighted by molar-refractivity contribution is 0.415. The molecule has 0 fully saturated rings. The molecule has 3 aromatic rings. The van der Waals surface area contributed by atoms with E-state index in [2.05, 4.69) is 9.97 Å². The summed E-state index contributed by atoms with van der Waals surface area (Å²) in [5.41, 5.74) is 7.70. The summed E-state index contributed by atoms with van der Waals surface area (Å²) >= 11 is 0. The fourth-order valence-electron chi connectivity index (χ4n) is 2.13. The largest absolute Gasteiger partial charge is 0.497 e. The molecule has 0 aliphatic rings. The van der Waals surface area contributed by atoms with Gasteiger partial charge in [-0.25, -0.2) is 9.97 Å². The summed E-state index contributed by atoms with van der Waals surface area (Å²) in [5, 5.41) is 0. The lowest BCUT2D eigenvalue weighted by Gasteiger charge is -2.04. The van der Waals surface area contributed by atoms with Crippen LogP contribution < -0.4 is 10.5 Å². The smallest absolute Gasteiger partial charge is 0.214 e. The van der Waals surface area contributed by atoms with Crippen LogP contribution in [0.4, 0.5) is 5.95 Å². The van der Waals surface area contributed by atoms with Crippen molar-refractivity contribution in [3.05, 3.63) is 36.0 Å². The molecule has 0 aliphatic heterocycles. The van der Waals surface area contributed by atoms with E-state index in [0.717, 1.165) is 29.0 Å². The monoisotopic (exact) mass is 272 g/mol. The maximum atomic E-state index is 5.97. The Bertz CT molecular complexity index is 745. The summed E-state index contributed by atoms with van der Waals surface area (Å²) in [6, 6.07) is 5.65. The molecule has 0 saturated heterocycles. The maximum Gasteiger partial charge on any atom is 0.214 e. The van der Waals surface area contributed by atoms with Crippen molar-refractivity contribution in [1.29, 1.82) is 0 Å². The van der Waals surface area contributed by atoms with Crippen LogP contribution in [0.3, 0.4) is 0 Å². The van der Waals surface area contributed by atoms with E-state index in [4.69, 9.17) is 14.9 Å². The zero-order valence-electron chi connectivity index (χ0n) is 11.5. The van der Waals surface area contributed by atoms with Crippen LogP contribution in [0.15, 0.2) is 28.8 Å². The second-order valence-electron chi connectivity index (χ2n) is 4.48. The highest BCUT2D eigenvalue weighted by Gasteiger charge is 2.12. The molecule has 2 heterocycles. The average Bonchev–Trinajstić information content (AvgIpc) is 3.04. The SMILES string of the molecule is CCc1cnc(Cn2c(N)nc3ccc(OC)cc32)o1.